The molecule has 2 heterocycles. The van der Waals surface area contributed by atoms with Crippen molar-refractivity contribution in [1.29, 1.82) is 0 Å². The van der Waals surface area contributed by atoms with E-state index in [0.29, 0.717) is 0 Å². The Morgan fingerprint density at radius 3 is 2.52 bits per heavy atom. The highest BCUT2D eigenvalue weighted by atomic mass is 35.5. The van der Waals surface area contributed by atoms with Gasteiger partial charge in [-0.15, -0.1) is 11.6 Å². The molecule has 0 radical (unpaired) electrons. The van der Waals surface area contributed by atoms with Crippen LogP contribution in [0.1, 0.15) is 69.8 Å². The van der Waals surface area contributed by atoms with E-state index in [9.17, 15) is 0 Å². The van der Waals surface area contributed by atoms with E-state index in [1.807, 2.05) is 18.7 Å². The van der Waals surface area contributed by atoms with Crippen molar-refractivity contribution in [3.63, 3.8) is 0 Å². The van der Waals surface area contributed by atoms with Crippen LogP contribution < -0.4 is 0 Å². The van der Waals surface area contributed by atoms with Crippen LogP contribution in [0.25, 0.3) is 11.2 Å². The number of aromatic nitrogens is 4. The second kappa shape index (κ2) is 7.30. The first-order valence-corrected chi connectivity index (χ1v) is 8.59. The molecule has 2 rings (SSSR count). The molecule has 0 saturated heterocycles. The third-order valence-corrected chi connectivity index (χ3v) is 4.09. The average Bonchev–Trinajstić information content (AvgIpc) is 2.95. The molecular weight excluding hydrogens is 284 g/mol. The number of hydrogen-bond acceptors (Lipinski definition) is 2. The van der Waals surface area contributed by atoms with E-state index < -0.39 is 0 Å². The van der Waals surface area contributed by atoms with E-state index >= 15 is 0 Å². The molecule has 5 heteroatoms. The number of aryl methyl sites for hydroxylation is 3. The molecule has 0 amide bonds. The van der Waals surface area contributed by atoms with Crippen LogP contribution in [0.4, 0.5) is 0 Å². The van der Waals surface area contributed by atoms with Crippen molar-refractivity contribution in [2.75, 3.05) is 0 Å². The highest BCUT2D eigenvalue weighted by molar-refractivity contribution is 6.20. The van der Waals surface area contributed by atoms with E-state index in [2.05, 4.69) is 23.5 Å². The fraction of sp³-hybridized carbons (Fsp3) is 0.750. The number of rotatable bonds is 8. The molecule has 2 aromatic rings. The summed E-state index contributed by atoms with van der Waals surface area (Å²) in [6.07, 6.45) is 7.03. The Balaban J connectivity index is 2.37. The van der Waals surface area contributed by atoms with E-state index in [-0.39, 0.29) is 5.38 Å². The van der Waals surface area contributed by atoms with Crippen molar-refractivity contribution < 1.29 is 0 Å². The van der Waals surface area contributed by atoms with Gasteiger partial charge in [0, 0.05) is 13.6 Å². The van der Waals surface area contributed by atoms with Gasteiger partial charge >= 0.3 is 0 Å². The number of unbranched alkanes of at least 4 members (excludes halogenated alkanes) is 3. The average molecular weight is 311 g/mol. The van der Waals surface area contributed by atoms with Gasteiger partial charge in [-0.1, -0.05) is 39.5 Å². The minimum Gasteiger partial charge on any atom is -0.312 e. The zero-order valence-corrected chi connectivity index (χ0v) is 14.4. The lowest BCUT2D eigenvalue weighted by Crippen LogP contribution is -2.08. The summed E-state index contributed by atoms with van der Waals surface area (Å²) in [6.45, 7) is 7.39. The second-order valence-electron chi connectivity index (χ2n) is 5.79. The zero-order chi connectivity index (χ0) is 15.4. The van der Waals surface area contributed by atoms with Crippen molar-refractivity contribution in [3.05, 3.63) is 11.5 Å². The predicted octanol–water partition coefficient (Wildman–Crippen LogP) is 4.60. The van der Waals surface area contributed by atoms with Crippen LogP contribution in [-0.2, 0) is 20.0 Å². The Morgan fingerprint density at radius 1 is 1.14 bits per heavy atom. The van der Waals surface area contributed by atoms with Crippen LogP contribution in [0.5, 0.6) is 0 Å². The van der Waals surface area contributed by atoms with Gasteiger partial charge in [0.1, 0.15) is 11.3 Å². The monoisotopic (exact) mass is 310 g/mol. The van der Waals surface area contributed by atoms with Crippen molar-refractivity contribution in [1.82, 2.24) is 19.3 Å². The van der Waals surface area contributed by atoms with Crippen LogP contribution in [0.2, 0.25) is 0 Å². The predicted molar refractivity (Wildman–Crippen MR) is 88.9 cm³/mol. The Hall–Kier alpha value is -1.03. The van der Waals surface area contributed by atoms with Crippen LogP contribution in [0, 0.1) is 0 Å². The Morgan fingerprint density at radius 2 is 1.90 bits per heavy atom. The fourth-order valence-corrected chi connectivity index (χ4v) is 3.05. The van der Waals surface area contributed by atoms with Gasteiger partial charge in [-0.25, -0.2) is 4.98 Å². The van der Waals surface area contributed by atoms with E-state index in [4.69, 9.17) is 16.6 Å². The molecule has 0 aliphatic rings. The lowest BCUT2D eigenvalue weighted by Gasteiger charge is -2.10. The first kappa shape index (κ1) is 16.3. The third kappa shape index (κ3) is 3.42. The quantitative estimate of drug-likeness (QED) is 0.527. The van der Waals surface area contributed by atoms with Gasteiger partial charge in [0.15, 0.2) is 5.65 Å². The summed E-state index contributed by atoms with van der Waals surface area (Å²) < 4.78 is 4.24. The Labute approximate surface area is 132 Å². The molecule has 0 bridgehead atoms. The summed E-state index contributed by atoms with van der Waals surface area (Å²) in [5.74, 6) is 0.980. The molecule has 0 N–H and O–H groups in total. The third-order valence-electron chi connectivity index (χ3n) is 3.90. The second-order valence-corrected chi connectivity index (χ2v) is 6.45. The molecule has 0 spiro atoms. The minimum absolute atomic E-state index is 0.0712. The number of fused-ring (bicyclic) bond motifs is 1. The van der Waals surface area contributed by atoms with Crippen LogP contribution in [-0.4, -0.2) is 19.3 Å². The molecule has 1 atom stereocenters. The van der Waals surface area contributed by atoms with Crippen LogP contribution in [0.15, 0.2) is 0 Å². The largest absolute Gasteiger partial charge is 0.312 e. The van der Waals surface area contributed by atoms with Gasteiger partial charge in [0.2, 0.25) is 0 Å². The Bertz CT molecular complexity index is 583. The maximum atomic E-state index is 6.35. The van der Waals surface area contributed by atoms with Gasteiger partial charge < -0.3 is 4.57 Å². The van der Waals surface area contributed by atoms with Crippen molar-refractivity contribution in [2.24, 2.45) is 7.05 Å². The zero-order valence-electron chi connectivity index (χ0n) is 13.7. The maximum absolute atomic E-state index is 6.35. The maximum Gasteiger partial charge on any atom is 0.158 e. The molecule has 0 saturated carbocycles. The SMILES string of the molecule is CCCCCCn1c(C(C)Cl)nc2c(CCC)nn(C)c21. The topological polar surface area (TPSA) is 35.6 Å². The van der Waals surface area contributed by atoms with Gasteiger partial charge in [-0.2, -0.15) is 5.10 Å². The van der Waals surface area contributed by atoms with E-state index in [1.54, 1.807) is 0 Å². The molecule has 21 heavy (non-hydrogen) atoms. The number of halogens is 1. The molecule has 0 aliphatic heterocycles. The number of imidazole rings is 1. The van der Waals surface area contributed by atoms with Crippen molar-refractivity contribution >= 4 is 22.8 Å². The number of alkyl halides is 1. The Kier molecular flexibility index (Phi) is 5.68. The smallest absolute Gasteiger partial charge is 0.158 e. The number of nitrogens with zero attached hydrogens (tertiary/aromatic N) is 4. The normalized spacial score (nSPS) is 13.2. The van der Waals surface area contributed by atoms with Crippen LogP contribution in [0.3, 0.4) is 0 Å². The summed E-state index contributed by atoms with van der Waals surface area (Å²) in [4.78, 5) is 4.80. The van der Waals surface area contributed by atoms with Gasteiger partial charge in [-0.05, 0) is 19.8 Å². The molecule has 118 valence electrons. The van der Waals surface area contributed by atoms with E-state index in [1.165, 1.54) is 25.7 Å². The lowest BCUT2D eigenvalue weighted by atomic mass is 10.2. The fourth-order valence-electron chi connectivity index (χ4n) is 2.88. The molecule has 0 aromatic carbocycles. The highest BCUT2D eigenvalue weighted by Gasteiger charge is 2.20. The summed E-state index contributed by atoms with van der Waals surface area (Å²) >= 11 is 6.35. The molecule has 1 unspecified atom stereocenters. The summed E-state index contributed by atoms with van der Waals surface area (Å²) in [6, 6.07) is 0. The first-order valence-electron chi connectivity index (χ1n) is 8.16. The first-order chi connectivity index (χ1) is 10.1. The standard InChI is InChI=1S/C16H27ClN4/c1-5-7-8-9-11-21-15(12(3)17)18-14-13(10-6-2)19-20(4)16(14)21/h12H,5-11H2,1-4H3. The molecular formula is C16H27ClN4. The molecule has 0 fully saturated rings. The van der Waals surface area contributed by atoms with E-state index in [0.717, 1.165) is 42.1 Å². The van der Waals surface area contributed by atoms with Crippen LogP contribution >= 0.6 is 11.6 Å². The molecule has 2 aromatic heterocycles. The summed E-state index contributed by atoms with van der Waals surface area (Å²) in [5.41, 5.74) is 3.26. The van der Waals surface area contributed by atoms with Crippen molar-refractivity contribution in [2.45, 2.75) is 71.2 Å². The summed E-state index contributed by atoms with van der Waals surface area (Å²) in [5, 5.41) is 4.56. The van der Waals surface area contributed by atoms with Crippen molar-refractivity contribution in [3.8, 4) is 0 Å². The highest BCUT2D eigenvalue weighted by Crippen LogP contribution is 2.27. The summed E-state index contributed by atoms with van der Waals surface area (Å²) in [7, 11) is 2.01. The molecule has 4 nitrogen and oxygen atoms in total. The number of hydrogen-bond donors (Lipinski definition) is 0. The minimum atomic E-state index is -0.0712. The molecule has 0 aliphatic carbocycles. The van der Waals surface area contributed by atoms with Gasteiger partial charge in [0.25, 0.3) is 0 Å². The lowest BCUT2D eigenvalue weighted by molar-refractivity contribution is 0.563. The van der Waals surface area contributed by atoms with Gasteiger partial charge in [0.05, 0.1) is 11.1 Å². The van der Waals surface area contributed by atoms with Gasteiger partial charge in [-0.3, -0.25) is 4.68 Å².